The number of guanidine groups is 1. The van der Waals surface area contributed by atoms with Crippen LogP contribution in [-0.4, -0.2) is 38.3 Å². The van der Waals surface area contributed by atoms with Crippen molar-refractivity contribution in [1.29, 1.82) is 0 Å². The molecule has 5 heteroatoms. The predicted molar refractivity (Wildman–Crippen MR) is 93.8 cm³/mol. The van der Waals surface area contributed by atoms with Gasteiger partial charge in [-0.3, -0.25) is 4.99 Å². The number of rotatable bonds is 10. The fourth-order valence-electron chi connectivity index (χ4n) is 2.67. The van der Waals surface area contributed by atoms with Crippen molar-refractivity contribution in [3.63, 3.8) is 0 Å². The number of hydrogen-bond donors (Lipinski definition) is 2. The van der Waals surface area contributed by atoms with Gasteiger partial charge in [0.15, 0.2) is 5.96 Å². The lowest BCUT2D eigenvalue weighted by atomic mass is 10.2. The molecule has 0 aromatic carbocycles. The van der Waals surface area contributed by atoms with Gasteiger partial charge >= 0.3 is 0 Å². The van der Waals surface area contributed by atoms with Gasteiger partial charge in [-0.05, 0) is 31.4 Å². The molecular formula is C18H31N3O2. The highest BCUT2D eigenvalue weighted by Crippen LogP contribution is 2.11. The molecule has 0 bridgehead atoms. The van der Waals surface area contributed by atoms with Crippen molar-refractivity contribution in [2.75, 3.05) is 26.2 Å². The van der Waals surface area contributed by atoms with Crippen LogP contribution in [0, 0.1) is 0 Å². The fraction of sp³-hybridized carbons (Fsp3) is 0.722. The number of nitrogens with zero attached hydrogens (tertiary/aromatic N) is 1. The van der Waals surface area contributed by atoms with Crippen LogP contribution in [0.5, 0.6) is 0 Å². The lowest BCUT2D eigenvalue weighted by molar-refractivity contribution is 0.117. The molecule has 2 rings (SSSR count). The molecule has 130 valence electrons. The van der Waals surface area contributed by atoms with E-state index in [1.54, 1.807) is 6.26 Å². The summed E-state index contributed by atoms with van der Waals surface area (Å²) in [6.45, 7) is 5.65. The van der Waals surface area contributed by atoms with E-state index in [0.29, 0.717) is 6.10 Å². The Balaban J connectivity index is 1.71. The van der Waals surface area contributed by atoms with Crippen molar-refractivity contribution in [1.82, 2.24) is 10.6 Å². The van der Waals surface area contributed by atoms with E-state index < -0.39 is 0 Å². The molecule has 1 aromatic heterocycles. The molecule has 1 unspecified atom stereocenters. The first kappa shape index (κ1) is 17.9. The van der Waals surface area contributed by atoms with Crippen LogP contribution < -0.4 is 10.6 Å². The van der Waals surface area contributed by atoms with Gasteiger partial charge in [0.1, 0.15) is 5.76 Å². The third kappa shape index (κ3) is 7.55. The van der Waals surface area contributed by atoms with Crippen LogP contribution in [0.3, 0.4) is 0 Å². The van der Waals surface area contributed by atoms with Gasteiger partial charge in [0.05, 0.1) is 18.9 Å². The number of unbranched alkanes of at least 4 members (excludes halogenated alkanes) is 3. The molecule has 1 aromatic rings. The zero-order chi connectivity index (χ0) is 16.2. The first-order chi connectivity index (χ1) is 11.4. The molecular weight excluding hydrogens is 290 g/mol. The van der Waals surface area contributed by atoms with Gasteiger partial charge in [-0.1, -0.05) is 26.2 Å². The zero-order valence-electron chi connectivity index (χ0n) is 14.4. The molecule has 0 amide bonds. The highest BCUT2D eigenvalue weighted by atomic mass is 16.5. The molecule has 1 atom stereocenters. The second-order valence-electron chi connectivity index (χ2n) is 6.07. The van der Waals surface area contributed by atoms with Gasteiger partial charge in [-0.2, -0.15) is 0 Å². The molecule has 5 nitrogen and oxygen atoms in total. The first-order valence-electron chi connectivity index (χ1n) is 9.04. The first-order valence-corrected chi connectivity index (χ1v) is 9.04. The van der Waals surface area contributed by atoms with Gasteiger partial charge in [0, 0.05) is 26.1 Å². The van der Waals surface area contributed by atoms with E-state index in [1.807, 2.05) is 12.1 Å². The predicted octanol–water partition coefficient (Wildman–Crippen LogP) is 3.12. The monoisotopic (exact) mass is 321 g/mol. The Labute approximate surface area is 139 Å². The number of nitrogens with one attached hydrogen (secondary N) is 2. The normalized spacial score (nSPS) is 18.3. The quantitative estimate of drug-likeness (QED) is 0.395. The van der Waals surface area contributed by atoms with Crippen molar-refractivity contribution in [2.45, 2.75) is 58.0 Å². The Morgan fingerprint density at radius 1 is 1.26 bits per heavy atom. The summed E-state index contributed by atoms with van der Waals surface area (Å²) in [5.74, 6) is 1.89. The van der Waals surface area contributed by atoms with Gasteiger partial charge < -0.3 is 19.8 Å². The van der Waals surface area contributed by atoms with Gasteiger partial charge in [-0.25, -0.2) is 0 Å². The van der Waals surface area contributed by atoms with Crippen molar-refractivity contribution < 1.29 is 9.15 Å². The maximum absolute atomic E-state index is 5.65. The van der Waals surface area contributed by atoms with Gasteiger partial charge in [0.25, 0.3) is 0 Å². The van der Waals surface area contributed by atoms with E-state index in [0.717, 1.165) is 57.2 Å². The van der Waals surface area contributed by atoms with E-state index in [1.165, 1.54) is 25.7 Å². The van der Waals surface area contributed by atoms with E-state index in [-0.39, 0.29) is 0 Å². The largest absolute Gasteiger partial charge is 0.469 e. The summed E-state index contributed by atoms with van der Waals surface area (Å²) in [6, 6.07) is 3.93. The fourth-order valence-corrected chi connectivity index (χ4v) is 2.67. The Kier molecular flexibility index (Phi) is 8.62. The summed E-state index contributed by atoms with van der Waals surface area (Å²) in [7, 11) is 0. The van der Waals surface area contributed by atoms with Crippen LogP contribution in [0.25, 0.3) is 0 Å². The molecule has 0 saturated carbocycles. The topological polar surface area (TPSA) is 58.8 Å². The smallest absolute Gasteiger partial charge is 0.191 e. The zero-order valence-corrected chi connectivity index (χ0v) is 14.4. The van der Waals surface area contributed by atoms with Crippen LogP contribution in [0.15, 0.2) is 27.8 Å². The van der Waals surface area contributed by atoms with Crippen LogP contribution >= 0.6 is 0 Å². The highest BCUT2D eigenvalue weighted by molar-refractivity contribution is 5.79. The molecule has 1 saturated heterocycles. The van der Waals surface area contributed by atoms with Crippen LogP contribution in [0.2, 0.25) is 0 Å². The molecule has 1 fully saturated rings. The summed E-state index contributed by atoms with van der Waals surface area (Å²) in [6.07, 6.45) is 10.2. The Morgan fingerprint density at radius 2 is 2.17 bits per heavy atom. The van der Waals surface area contributed by atoms with E-state index in [2.05, 4.69) is 22.5 Å². The minimum absolute atomic E-state index is 0.291. The van der Waals surface area contributed by atoms with Crippen LogP contribution in [0.1, 0.15) is 51.2 Å². The molecule has 2 N–H and O–H groups in total. The highest BCUT2D eigenvalue weighted by Gasteiger charge is 2.14. The van der Waals surface area contributed by atoms with Crippen molar-refractivity contribution >= 4 is 5.96 Å². The third-order valence-electron chi connectivity index (χ3n) is 4.04. The summed E-state index contributed by atoms with van der Waals surface area (Å²) >= 11 is 0. The molecule has 0 radical (unpaired) electrons. The number of ether oxygens (including phenoxy) is 1. The third-order valence-corrected chi connectivity index (χ3v) is 4.04. The Hall–Kier alpha value is -1.49. The maximum atomic E-state index is 5.65. The Morgan fingerprint density at radius 3 is 2.91 bits per heavy atom. The van der Waals surface area contributed by atoms with Crippen LogP contribution in [-0.2, 0) is 11.2 Å². The molecule has 0 spiro atoms. The standard InChI is InChI=1S/C18H31N3O2/c1-2-3-4-5-11-19-18(21-15-17-9-7-14-23-17)20-12-10-16-8-6-13-22-16/h6,8,13,17H,2-5,7,9-12,14-15H2,1H3,(H2,19,20,21). The molecule has 1 aliphatic heterocycles. The summed E-state index contributed by atoms with van der Waals surface area (Å²) in [4.78, 5) is 4.68. The average Bonchev–Trinajstić information content (AvgIpc) is 3.25. The second kappa shape index (κ2) is 11.1. The maximum Gasteiger partial charge on any atom is 0.191 e. The van der Waals surface area contributed by atoms with Gasteiger partial charge in [-0.15, -0.1) is 0 Å². The second-order valence-corrected chi connectivity index (χ2v) is 6.07. The van der Waals surface area contributed by atoms with E-state index in [9.17, 15) is 0 Å². The average molecular weight is 321 g/mol. The minimum Gasteiger partial charge on any atom is -0.469 e. The molecule has 2 heterocycles. The van der Waals surface area contributed by atoms with Gasteiger partial charge in [0.2, 0.25) is 0 Å². The van der Waals surface area contributed by atoms with Crippen molar-refractivity contribution in [2.24, 2.45) is 4.99 Å². The van der Waals surface area contributed by atoms with E-state index in [4.69, 9.17) is 9.15 Å². The SMILES string of the molecule is CCCCCCNC(=NCC1CCCO1)NCCc1ccco1. The number of furan rings is 1. The summed E-state index contributed by atoms with van der Waals surface area (Å²) in [5, 5.41) is 6.83. The lowest BCUT2D eigenvalue weighted by Crippen LogP contribution is -2.39. The number of aliphatic imine (C=N–C) groups is 1. The number of hydrogen-bond acceptors (Lipinski definition) is 3. The minimum atomic E-state index is 0.291. The van der Waals surface area contributed by atoms with E-state index >= 15 is 0 Å². The Bertz CT molecular complexity index is 425. The molecule has 1 aliphatic rings. The summed E-state index contributed by atoms with van der Waals surface area (Å²) < 4.78 is 11.0. The van der Waals surface area contributed by atoms with Crippen molar-refractivity contribution in [3.05, 3.63) is 24.2 Å². The molecule has 23 heavy (non-hydrogen) atoms. The van der Waals surface area contributed by atoms with Crippen molar-refractivity contribution in [3.8, 4) is 0 Å². The summed E-state index contributed by atoms with van der Waals surface area (Å²) in [5.41, 5.74) is 0. The van der Waals surface area contributed by atoms with Crippen LogP contribution in [0.4, 0.5) is 0 Å². The molecule has 0 aliphatic carbocycles. The lowest BCUT2D eigenvalue weighted by Gasteiger charge is -2.13.